The number of nitriles is 1. The molecule has 1 amide bonds. The van der Waals surface area contributed by atoms with Crippen molar-refractivity contribution in [3.05, 3.63) is 89.9 Å². The number of hydrogen-bond acceptors (Lipinski definition) is 5. The Morgan fingerprint density at radius 3 is 2.62 bits per heavy atom. The van der Waals surface area contributed by atoms with E-state index in [1.807, 2.05) is 48.7 Å². The van der Waals surface area contributed by atoms with Gasteiger partial charge < -0.3 is 10.6 Å². The highest BCUT2D eigenvalue weighted by molar-refractivity contribution is 5.96. The lowest BCUT2D eigenvalue weighted by atomic mass is 9.93. The maximum absolute atomic E-state index is 13.4. The van der Waals surface area contributed by atoms with E-state index in [9.17, 15) is 4.79 Å². The number of allylic oxidation sites excluding steroid dienone is 2. The van der Waals surface area contributed by atoms with Crippen molar-refractivity contribution in [1.29, 1.82) is 5.26 Å². The van der Waals surface area contributed by atoms with Crippen molar-refractivity contribution in [2.75, 3.05) is 11.9 Å². The van der Waals surface area contributed by atoms with Crippen LogP contribution in [0.15, 0.2) is 78.8 Å². The van der Waals surface area contributed by atoms with Gasteiger partial charge in [0.1, 0.15) is 11.9 Å². The fourth-order valence-corrected chi connectivity index (χ4v) is 4.68. The summed E-state index contributed by atoms with van der Waals surface area (Å²) in [6, 6.07) is 13.6. The lowest BCUT2D eigenvalue weighted by Gasteiger charge is -2.25. The van der Waals surface area contributed by atoms with Crippen molar-refractivity contribution >= 4 is 11.7 Å². The molecule has 2 aliphatic carbocycles. The summed E-state index contributed by atoms with van der Waals surface area (Å²) in [5.74, 6) is 0.560. The van der Waals surface area contributed by atoms with Crippen LogP contribution < -0.4 is 10.6 Å². The molecule has 0 bridgehead atoms. The molecule has 0 aliphatic heterocycles. The van der Waals surface area contributed by atoms with Crippen molar-refractivity contribution in [1.82, 2.24) is 20.1 Å². The van der Waals surface area contributed by atoms with Gasteiger partial charge in [-0.1, -0.05) is 37.3 Å². The molecule has 2 aliphatic rings. The van der Waals surface area contributed by atoms with E-state index >= 15 is 0 Å². The Morgan fingerprint density at radius 2 is 1.97 bits per heavy atom. The van der Waals surface area contributed by atoms with Crippen LogP contribution in [0.2, 0.25) is 0 Å². The second-order valence-electron chi connectivity index (χ2n) is 9.88. The minimum atomic E-state index is -0.487. The number of pyridine rings is 1. The summed E-state index contributed by atoms with van der Waals surface area (Å²) in [6.07, 6.45) is 17.6. The van der Waals surface area contributed by atoms with E-state index in [1.165, 1.54) is 19.3 Å². The number of carbonyl (C=O) groups excluding carboxylic acids is 1. The van der Waals surface area contributed by atoms with Gasteiger partial charge in [-0.3, -0.25) is 9.48 Å². The zero-order chi connectivity index (χ0) is 25.6. The minimum Gasteiger partial charge on any atom is -0.309 e. The smallest absolute Gasteiger partial charge is 0.247 e. The molecule has 7 nitrogen and oxygen atoms in total. The van der Waals surface area contributed by atoms with Crippen LogP contribution in [0, 0.1) is 11.3 Å². The first-order chi connectivity index (χ1) is 18.1. The van der Waals surface area contributed by atoms with Crippen LogP contribution in [0.3, 0.4) is 0 Å². The zero-order valence-electron chi connectivity index (χ0n) is 21.1. The molecule has 0 radical (unpaired) electrons. The van der Waals surface area contributed by atoms with E-state index in [1.54, 1.807) is 6.20 Å². The Balaban J connectivity index is 1.24. The van der Waals surface area contributed by atoms with Crippen molar-refractivity contribution in [2.24, 2.45) is 0 Å². The van der Waals surface area contributed by atoms with Crippen LogP contribution in [-0.4, -0.2) is 33.3 Å². The lowest BCUT2D eigenvalue weighted by molar-refractivity contribution is -0.117. The predicted octanol–water partition coefficient (Wildman–Crippen LogP) is 5.52. The van der Waals surface area contributed by atoms with Gasteiger partial charge in [-0.15, -0.1) is 0 Å². The first kappa shape index (κ1) is 24.7. The number of aromatic nitrogens is 3. The highest BCUT2D eigenvalue weighted by Gasteiger charge is 2.24. The Kier molecular flexibility index (Phi) is 7.57. The number of amides is 1. The SMILES string of the molecule is C[C@H](CNC(C(=O)Nc1ccc(-c2cnn(C3CCC3)c2)cn1)C1=CCCC=C1)c1ccc(C#N)cc1. The molecule has 2 atom stereocenters. The molecule has 37 heavy (non-hydrogen) atoms. The number of anilines is 1. The Morgan fingerprint density at radius 1 is 1.14 bits per heavy atom. The third kappa shape index (κ3) is 5.87. The average molecular weight is 493 g/mol. The van der Waals surface area contributed by atoms with Gasteiger partial charge in [0.05, 0.1) is 23.9 Å². The molecule has 1 saturated carbocycles. The fourth-order valence-electron chi connectivity index (χ4n) is 4.68. The lowest BCUT2D eigenvalue weighted by Crippen LogP contribution is -2.43. The summed E-state index contributed by atoms with van der Waals surface area (Å²) < 4.78 is 2.05. The van der Waals surface area contributed by atoms with Gasteiger partial charge in [0.2, 0.25) is 5.91 Å². The zero-order valence-corrected chi connectivity index (χ0v) is 21.1. The largest absolute Gasteiger partial charge is 0.309 e. The normalized spacial score (nSPS) is 16.8. The van der Waals surface area contributed by atoms with Crippen LogP contribution in [-0.2, 0) is 4.79 Å². The molecule has 1 aromatic carbocycles. The van der Waals surface area contributed by atoms with E-state index in [0.29, 0.717) is 24.0 Å². The van der Waals surface area contributed by atoms with Gasteiger partial charge in [0, 0.05) is 30.1 Å². The monoisotopic (exact) mass is 492 g/mol. The molecule has 188 valence electrons. The predicted molar refractivity (Wildman–Crippen MR) is 145 cm³/mol. The standard InChI is InChI=1S/C30H32N6O/c1-21(23-12-10-22(16-31)11-13-23)17-33-29(24-6-3-2-4-7-24)30(37)35-28-15-14-25(18-32-28)26-19-34-36(20-26)27-8-5-9-27/h3,6-7,10-15,18-21,27,29,33H,2,4-5,8-9,17H2,1H3,(H,32,35,37)/t21-,29?/m1/s1. The van der Waals surface area contributed by atoms with E-state index in [2.05, 4.69) is 56.7 Å². The summed E-state index contributed by atoms with van der Waals surface area (Å²) in [5.41, 5.74) is 4.75. The van der Waals surface area contributed by atoms with Crippen LogP contribution in [0.4, 0.5) is 5.82 Å². The molecule has 2 N–H and O–H groups in total. The Labute approximate surface area is 217 Å². The van der Waals surface area contributed by atoms with E-state index in [4.69, 9.17) is 5.26 Å². The first-order valence-corrected chi connectivity index (χ1v) is 13.0. The van der Waals surface area contributed by atoms with Gasteiger partial charge in [-0.2, -0.15) is 10.4 Å². The van der Waals surface area contributed by atoms with Crippen LogP contribution in [0.5, 0.6) is 0 Å². The average Bonchev–Trinajstić information content (AvgIpc) is 3.38. The van der Waals surface area contributed by atoms with Crippen LogP contribution in [0.25, 0.3) is 11.1 Å². The molecule has 3 aromatic rings. The fraction of sp³-hybridized carbons (Fsp3) is 0.333. The van der Waals surface area contributed by atoms with E-state index < -0.39 is 6.04 Å². The molecule has 0 saturated heterocycles. The second kappa shape index (κ2) is 11.4. The molecule has 2 heterocycles. The minimum absolute atomic E-state index is 0.136. The quantitative estimate of drug-likeness (QED) is 0.410. The highest BCUT2D eigenvalue weighted by Crippen LogP contribution is 2.32. The molecule has 7 heteroatoms. The summed E-state index contributed by atoms with van der Waals surface area (Å²) in [7, 11) is 0. The van der Waals surface area contributed by atoms with Gasteiger partial charge in [-0.25, -0.2) is 4.98 Å². The van der Waals surface area contributed by atoms with Crippen molar-refractivity contribution in [3.8, 4) is 17.2 Å². The number of rotatable bonds is 9. The maximum atomic E-state index is 13.4. The molecular formula is C30H32N6O. The van der Waals surface area contributed by atoms with E-state index in [-0.39, 0.29) is 11.8 Å². The van der Waals surface area contributed by atoms with Gasteiger partial charge in [-0.05, 0) is 73.4 Å². The van der Waals surface area contributed by atoms with Gasteiger partial charge >= 0.3 is 0 Å². The van der Waals surface area contributed by atoms with Crippen molar-refractivity contribution in [2.45, 2.75) is 57.0 Å². The van der Waals surface area contributed by atoms with Gasteiger partial charge in [0.15, 0.2) is 0 Å². The van der Waals surface area contributed by atoms with E-state index in [0.717, 1.165) is 35.1 Å². The summed E-state index contributed by atoms with van der Waals surface area (Å²) >= 11 is 0. The maximum Gasteiger partial charge on any atom is 0.247 e. The summed E-state index contributed by atoms with van der Waals surface area (Å²) in [6.45, 7) is 2.73. The highest BCUT2D eigenvalue weighted by atomic mass is 16.2. The van der Waals surface area contributed by atoms with Crippen molar-refractivity contribution < 1.29 is 4.79 Å². The third-order valence-electron chi connectivity index (χ3n) is 7.25. The number of nitrogens with zero attached hydrogens (tertiary/aromatic N) is 4. The molecule has 1 unspecified atom stereocenters. The molecule has 1 fully saturated rings. The number of carbonyl (C=O) groups is 1. The molecule has 0 spiro atoms. The molecular weight excluding hydrogens is 460 g/mol. The number of nitrogens with one attached hydrogen (secondary N) is 2. The molecule has 2 aromatic heterocycles. The Hall–Kier alpha value is -4.02. The summed E-state index contributed by atoms with van der Waals surface area (Å²) in [5, 5.41) is 20.0. The third-order valence-corrected chi connectivity index (χ3v) is 7.25. The summed E-state index contributed by atoms with van der Waals surface area (Å²) in [4.78, 5) is 17.9. The molecule has 5 rings (SSSR count). The van der Waals surface area contributed by atoms with Gasteiger partial charge in [0.25, 0.3) is 0 Å². The number of benzene rings is 1. The topological polar surface area (TPSA) is 95.6 Å². The first-order valence-electron chi connectivity index (χ1n) is 13.0. The van der Waals surface area contributed by atoms with Crippen LogP contribution >= 0.6 is 0 Å². The Bertz CT molecular complexity index is 1330. The van der Waals surface area contributed by atoms with Crippen LogP contribution in [0.1, 0.15) is 62.1 Å². The second-order valence-corrected chi connectivity index (χ2v) is 9.88. The number of hydrogen-bond donors (Lipinski definition) is 2. The van der Waals surface area contributed by atoms with Crippen molar-refractivity contribution in [3.63, 3.8) is 0 Å².